The Morgan fingerprint density at radius 1 is 1.57 bits per heavy atom. The van der Waals surface area contributed by atoms with Crippen LogP contribution in [-0.4, -0.2) is 11.2 Å². The van der Waals surface area contributed by atoms with E-state index >= 15 is 0 Å². The van der Waals surface area contributed by atoms with Gasteiger partial charge in [-0.15, -0.1) is 0 Å². The summed E-state index contributed by atoms with van der Waals surface area (Å²) in [6, 6.07) is 0. The second-order valence-corrected chi connectivity index (χ2v) is 4.87. The highest BCUT2D eigenvalue weighted by molar-refractivity contribution is 5.37. The molecule has 0 bridgehead atoms. The molecule has 0 aromatic heterocycles. The molecule has 1 rings (SSSR count). The summed E-state index contributed by atoms with van der Waals surface area (Å²) in [5.74, 6) is 0. The molecule has 0 spiro atoms. The van der Waals surface area contributed by atoms with Crippen LogP contribution in [0.25, 0.3) is 0 Å². The van der Waals surface area contributed by atoms with Gasteiger partial charge in [-0.25, -0.2) is 0 Å². The van der Waals surface area contributed by atoms with Crippen LogP contribution in [0.15, 0.2) is 23.3 Å². The smallest absolute Gasteiger partial charge is 0.0724 e. The summed E-state index contributed by atoms with van der Waals surface area (Å²) in [5.41, 5.74) is 2.90. The Kier molecular flexibility index (Phi) is 3.54. The van der Waals surface area contributed by atoms with Crippen molar-refractivity contribution in [2.24, 2.45) is 5.41 Å². The normalized spacial score (nSPS) is 26.1. The van der Waals surface area contributed by atoms with Gasteiger partial charge in [0, 0.05) is 0 Å². The standard InChI is InChI=1S/C13H22O/c1-5-11(14)9-12-10(2)7-6-8-13(12,3)4/h7,9,11,14H,5-6,8H2,1-4H3. The van der Waals surface area contributed by atoms with Gasteiger partial charge < -0.3 is 5.11 Å². The second kappa shape index (κ2) is 4.31. The van der Waals surface area contributed by atoms with Gasteiger partial charge in [-0.2, -0.15) is 0 Å². The van der Waals surface area contributed by atoms with Gasteiger partial charge in [0.1, 0.15) is 0 Å². The molecule has 1 aliphatic rings. The Morgan fingerprint density at radius 2 is 2.21 bits per heavy atom. The first-order valence-electron chi connectivity index (χ1n) is 5.55. The lowest BCUT2D eigenvalue weighted by atomic mass is 9.72. The molecule has 1 N–H and O–H groups in total. The molecule has 1 aliphatic carbocycles. The molecule has 0 heterocycles. The predicted octanol–water partition coefficient (Wildman–Crippen LogP) is 3.45. The van der Waals surface area contributed by atoms with Crippen molar-refractivity contribution in [2.75, 3.05) is 0 Å². The van der Waals surface area contributed by atoms with Crippen molar-refractivity contribution in [3.8, 4) is 0 Å². The van der Waals surface area contributed by atoms with Crippen molar-refractivity contribution in [1.82, 2.24) is 0 Å². The minimum absolute atomic E-state index is 0.231. The maximum Gasteiger partial charge on any atom is 0.0724 e. The molecule has 0 radical (unpaired) electrons. The average molecular weight is 194 g/mol. The van der Waals surface area contributed by atoms with Crippen molar-refractivity contribution in [1.29, 1.82) is 0 Å². The summed E-state index contributed by atoms with van der Waals surface area (Å²) >= 11 is 0. The van der Waals surface area contributed by atoms with Crippen LogP contribution >= 0.6 is 0 Å². The van der Waals surface area contributed by atoms with Crippen LogP contribution in [0.5, 0.6) is 0 Å². The highest BCUT2D eigenvalue weighted by Crippen LogP contribution is 2.40. The summed E-state index contributed by atoms with van der Waals surface area (Å²) in [6.45, 7) is 8.68. The molecule has 80 valence electrons. The number of hydrogen-bond donors (Lipinski definition) is 1. The molecule has 0 aromatic rings. The van der Waals surface area contributed by atoms with E-state index in [2.05, 4.69) is 26.8 Å². The van der Waals surface area contributed by atoms with E-state index < -0.39 is 0 Å². The predicted molar refractivity (Wildman–Crippen MR) is 61.2 cm³/mol. The lowest BCUT2D eigenvalue weighted by molar-refractivity contribution is 0.215. The van der Waals surface area contributed by atoms with Crippen LogP contribution in [0.3, 0.4) is 0 Å². The molecule has 1 unspecified atom stereocenters. The van der Waals surface area contributed by atoms with Crippen molar-refractivity contribution in [3.63, 3.8) is 0 Å². The minimum Gasteiger partial charge on any atom is -0.389 e. The van der Waals surface area contributed by atoms with Crippen LogP contribution in [0.1, 0.15) is 47.0 Å². The van der Waals surface area contributed by atoms with Gasteiger partial charge >= 0.3 is 0 Å². The van der Waals surface area contributed by atoms with Crippen molar-refractivity contribution in [3.05, 3.63) is 23.3 Å². The number of aliphatic hydroxyl groups excluding tert-OH is 1. The number of aliphatic hydroxyl groups is 1. The fraction of sp³-hybridized carbons (Fsp3) is 0.692. The molecule has 1 nitrogen and oxygen atoms in total. The first kappa shape index (κ1) is 11.5. The third-order valence-electron chi connectivity index (χ3n) is 3.15. The molecule has 0 fully saturated rings. The van der Waals surface area contributed by atoms with Crippen molar-refractivity contribution < 1.29 is 5.11 Å². The van der Waals surface area contributed by atoms with Crippen LogP contribution in [0, 0.1) is 5.41 Å². The molecular weight excluding hydrogens is 172 g/mol. The van der Waals surface area contributed by atoms with Crippen LogP contribution in [0.2, 0.25) is 0 Å². The fourth-order valence-electron chi connectivity index (χ4n) is 2.10. The van der Waals surface area contributed by atoms with Gasteiger partial charge in [0.05, 0.1) is 6.10 Å². The minimum atomic E-state index is -0.286. The first-order chi connectivity index (χ1) is 6.47. The SMILES string of the molecule is CCC(O)C=C1C(C)=CCCC1(C)C. The van der Waals surface area contributed by atoms with E-state index in [1.807, 2.05) is 13.0 Å². The van der Waals surface area contributed by atoms with Crippen LogP contribution in [0.4, 0.5) is 0 Å². The van der Waals surface area contributed by atoms with E-state index in [1.54, 1.807) is 0 Å². The highest BCUT2D eigenvalue weighted by atomic mass is 16.3. The van der Waals surface area contributed by atoms with E-state index in [-0.39, 0.29) is 11.5 Å². The lowest BCUT2D eigenvalue weighted by Crippen LogP contribution is -2.20. The molecule has 14 heavy (non-hydrogen) atoms. The Labute approximate surface area is 87.5 Å². The molecule has 0 saturated heterocycles. The van der Waals surface area contributed by atoms with Crippen LogP contribution in [-0.2, 0) is 0 Å². The summed E-state index contributed by atoms with van der Waals surface area (Å²) in [4.78, 5) is 0. The van der Waals surface area contributed by atoms with E-state index in [4.69, 9.17) is 0 Å². The molecule has 0 aliphatic heterocycles. The maximum atomic E-state index is 9.66. The number of allylic oxidation sites excluding steroid dienone is 3. The van der Waals surface area contributed by atoms with E-state index in [1.165, 1.54) is 24.0 Å². The zero-order valence-corrected chi connectivity index (χ0v) is 9.80. The zero-order valence-electron chi connectivity index (χ0n) is 9.80. The molecule has 0 amide bonds. The average Bonchev–Trinajstić information content (AvgIpc) is 2.11. The summed E-state index contributed by atoms with van der Waals surface area (Å²) in [6.07, 6.45) is 7.17. The summed E-state index contributed by atoms with van der Waals surface area (Å²) in [5, 5.41) is 9.66. The van der Waals surface area contributed by atoms with Gasteiger partial charge in [0.2, 0.25) is 0 Å². The third kappa shape index (κ3) is 2.48. The molecular formula is C13H22O. The monoisotopic (exact) mass is 194 g/mol. The Hall–Kier alpha value is -0.560. The van der Waals surface area contributed by atoms with E-state index in [0.29, 0.717) is 0 Å². The van der Waals surface area contributed by atoms with Gasteiger partial charge in [-0.1, -0.05) is 38.5 Å². The quantitative estimate of drug-likeness (QED) is 0.714. The van der Waals surface area contributed by atoms with E-state index in [0.717, 1.165) is 6.42 Å². The largest absolute Gasteiger partial charge is 0.389 e. The van der Waals surface area contributed by atoms with Gasteiger partial charge in [0.15, 0.2) is 0 Å². The maximum absolute atomic E-state index is 9.66. The van der Waals surface area contributed by atoms with Crippen molar-refractivity contribution >= 4 is 0 Å². The lowest BCUT2D eigenvalue weighted by Gasteiger charge is -2.33. The third-order valence-corrected chi connectivity index (χ3v) is 3.15. The number of hydrogen-bond acceptors (Lipinski definition) is 1. The summed E-state index contributed by atoms with van der Waals surface area (Å²) in [7, 11) is 0. The summed E-state index contributed by atoms with van der Waals surface area (Å²) < 4.78 is 0. The highest BCUT2D eigenvalue weighted by Gasteiger charge is 2.27. The Bertz CT molecular complexity index is 258. The second-order valence-electron chi connectivity index (χ2n) is 4.87. The van der Waals surface area contributed by atoms with Gasteiger partial charge in [0.25, 0.3) is 0 Å². The zero-order chi connectivity index (χ0) is 10.8. The Balaban J connectivity index is 2.96. The molecule has 0 aromatic carbocycles. The fourth-order valence-corrected chi connectivity index (χ4v) is 2.10. The topological polar surface area (TPSA) is 20.2 Å². The van der Waals surface area contributed by atoms with Crippen LogP contribution < -0.4 is 0 Å². The van der Waals surface area contributed by atoms with E-state index in [9.17, 15) is 5.11 Å². The first-order valence-corrected chi connectivity index (χ1v) is 5.55. The molecule has 1 heteroatoms. The van der Waals surface area contributed by atoms with Gasteiger partial charge in [-0.3, -0.25) is 0 Å². The molecule has 0 saturated carbocycles. The molecule has 1 atom stereocenters. The number of rotatable bonds is 2. The Morgan fingerprint density at radius 3 is 2.71 bits per heavy atom. The van der Waals surface area contributed by atoms with Crippen molar-refractivity contribution in [2.45, 2.75) is 53.1 Å². The van der Waals surface area contributed by atoms with Gasteiger partial charge in [-0.05, 0) is 37.2 Å².